The van der Waals surface area contributed by atoms with Crippen molar-refractivity contribution in [3.8, 4) is 5.75 Å². The summed E-state index contributed by atoms with van der Waals surface area (Å²) in [6.07, 6.45) is 3.57. The first-order valence-corrected chi connectivity index (χ1v) is 7.44. The summed E-state index contributed by atoms with van der Waals surface area (Å²) in [5.41, 5.74) is 4.57. The number of hydrogen-bond donors (Lipinski definition) is 0. The van der Waals surface area contributed by atoms with Gasteiger partial charge in [-0.1, -0.05) is 42.0 Å². The first-order valence-electron chi connectivity index (χ1n) is 7.44. The highest BCUT2D eigenvalue weighted by atomic mass is 16.5. The highest BCUT2D eigenvalue weighted by Gasteiger charge is 2.23. The van der Waals surface area contributed by atoms with Crippen molar-refractivity contribution in [3.05, 3.63) is 76.4 Å². The molecule has 3 heteroatoms. The fourth-order valence-electron chi connectivity index (χ4n) is 2.66. The molecule has 0 saturated carbocycles. The SMILES string of the molecule is COc1ccccc1/C=C1/C=C(c2ccc(C)cc2C)OC1=O. The normalized spacial score (nSPS) is 15.5. The molecule has 2 aromatic carbocycles. The molecule has 0 radical (unpaired) electrons. The second-order valence-electron chi connectivity index (χ2n) is 5.56. The Bertz CT molecular complexity index is 829. The Kier molecular flexibility index (Phi) is 4.02. The maximum absolute atomic E-state index is 12.2. The summed E-state index contributed by atoms with van der Waals surface area (Å²) in [7, 11) is 1.61. The van der Waals surface area contributed by atoms with E-state index in [0.717, 1.165) is 22.4 Å². The number of para-hydroxylation sites is 1. The van der Waals surface area contributed by atoms with Crippen LogP contribution in [0.2, 0.25) is 0 Å². The van der Waals surface area contributed by atoms with E-state index in [2.05, 4.69) is 6.07 Å². The molecule has 0 spiro atoms. The van der Waals surface area contributed by atoms with Gasteiger partial charge >= 0.3 is 5.97 Å². The molecule has 0 saturated heterocycles. The standard InChI is InChI=1S/C20H18O3/c1-13-8-9-17(14(2)10-13)19-12-16(20(21)23-19)11-15-6-4-5-7-18(15)22-3/h4-12H,1-3H3/b16-11-. The summed E-state index contributed by atoms with van der Waals surface area (Å²) in [6, 6.07) is 13.6. The van der Waals surface area contributed by atoms with Gasteiger partial charge in [-0.25, -0.2) is 4.79 Å². The molecule has 0 atom stereocenters. The smallest absolute Gasteiger partial charge is 0.343 e. The topological polar surface area (TPSA) is 35.5 Å². The number of ether oxygens (including phenoxy) is 2. The number of cyclic esters (lactones) is 1. The number of rotatable bonds is 3. The van der Waals surface area contributed by atoms with Gasteiger partial charge in [0.1, 0.15) is 11.5 Å². The van der Waals surface area contributed by atoms with Gasteiger partial charge in [-0.15, -0.1) is 0 Å². The van der Waals surface area contributed by atoms with Crippen molar-refractivity contribution in [2.24, 2.45) is 0 Å². The molecule has 0 bridgehead atoms. The fourth-order valence-corrected chi connectivity index (χ4v) is 2.66. The van der Waals surface area contributed by atoms with E-state index in [1.165, 1.54) is 5.56 Å². The van der Waals surface area contributed by atoms with E-state index in [1.807, 2.05) is 50.2 Å². The van der Waals surface area contributed by atoms with Gasteiger partial charge in [-0.05, 0) is 37.6 Å². The Balaban J connectivity index is 2.00. The van der Waals surface area contributed by atoms with Crippen molar-refractivity contribution in [2.45, 2.75) is 13.8 Å². The summed E-state index contributed by atoms with van der Waals surface area (Å²) >= 11 is 0. The third-order valence-corrected chi connectivity index (χ3v) is 3.82. The van der Waals surface area contributed by atoms with Gasteiger partial charge < -0.3 is 9.47 Å². The Morgan fingerprint density at radius 3 is 2.61 bits per heavy atom. The molecule has 116 valence electrons. The zero-order valence-corrected chi connectivity index (χ0v) is 13.4. The largest absolute Gasteiger partial charge is 0.496 e. The van der Waals surface area contributed by atoms with Crippen molar-refractivity contribution >= 4 is 17.8 Å². The van der Waals surface area contributed by atoms with E-state index in [1.54, 1.807) is 19.3 Å². The predicted octanol–water partition coefficient (Wildman–Crippen LogP) is 4.29. The number of aryl methyl sites for hydroxylation is 2. The molecular formula is C20H18O3. The van der Waals surface area contributed by atoms with E-state index >= 15 is 0 Å². The molecular weight excluding hydrogens is 288 g/mol. The maximum Gasteiger partial charge on any atom is 0.343 e. The number of hydrogen-bond acceptors (Lipinski definition) is 3. The van der Waals surface area contributed by atoms with Gasteiger partial charge in [0.25, 0.3) is 0 Å². The van der Waals surface area contributed by atoms with Crippen LogP contribution in [-0.4, -0.2) is 13.1 Å². The van der Waals surface area contributed by atoms with E-state index in [0.29, 0.717) is 11.3 Å². The molecule has 23 heavy (non-hydrogen) atoms. The van der Waals surface area contributed by atoms with Crippen molar-refractivity contribution in [1.82, 2.24) is 0 Å². The van der Waals surface area contributed by atoms with Gasteiger partial charge in [0.15, 0.2) is 0 Å². The highest BCUT2D eigenvalue weighted by molar-refractivity contribution is 6.05. The van der Waals surface area contributed by atoms with Gasteiger partial charge in [-0.2, -0.15) is 0 Å². The van der Waals surface area contributed by atoms with Gasteiger partial charge in [-0.3, -0.25) is 0 Å². The molecule has 0 aromatic heterocycles. The molecule has 0 aliphatic carbocycles. The molecule has 1 heterocycles. The van der Waals surface area contributed by atoms with Crippen LogP contribution in [0.25, 0.3) is 11.8 Å². The number of methoxy groups -OCH3 is 1. The van der Waals surface area contributed by atoms with E-state index in [4.69, 9.17) is 9.47 Å². The van der Waals surface area contributed by atoms with Crippen LogP contribution < -0.4 is 4.74 Å². The zero-order chi connectivity index (χ0) is 16.4. The van der Waals surface area contributed by atoms with Crippen LogP contribution in [0.4, 0.5) is 0 Å². The van der Waals surface area contributed by atoms with Crippen LogP contribution >= 0.6 is 0 Å². The van der Waals surface area contributed by atoms with Crippen molar-refractivity contribution in [1.29, 1.82) is 0 Å². The summed E-state index contributed by atoms with van der Waals surface area (Å²) in [4.78, 5) is 12.2. The molecule has 3 nitrogen and oxygen atoms in total. The number of carbonyl (C=O) groups is 1. The number of carbonyl (C=O) groups excluding carboxylic acids is 1. The fraction of sp³-hybridized carbons (Fsp3) is 0.150. The summed E-state index contributed by atoms with van der Waals surface area (Å²) in [6.45, 7) is 4.05. The van der Waals surface area contributed by atoms with Crippen molar-refractivity contribution < 1.29 is 14.3 Å². The van der Waals surface area contributed by atoms with Crippen LogP contribution in [-0.2, 0) is 9.53 Å². The summed E-state index contributed by atoms with van der Waals surface area (Å²) < 4.78 is 10.8. The molecule has 0 N–H and O–H groups in total. The zero-order valence-electron chi connectivity index (χ0n) is 13.4. The maximum atomic E-state index is 12.2. The second kappa shape index (κ2) is 6.13. The van der Waals surface area contributed by atoms with Crippen molar-refractivity contribution in [3.63, 3.8) is 0 Å². The molecule has 0 amide bonds. The van der Waals surface area contributed by atoms with Crippen LogP contribution in [0.5, 0.6) is 5.75 Å². The Morgan fingerprint density at radius 2 is 1.87 bits per heavy atom. The minimum Gasteiger partial charge on any atom is -0.496 e. The minimum atomic E-state index is -0.342. The first-order chi connectivity index (χ1) is 11.1. The molecule has 2 aromatic rings. The molecule has 1 aliphatic heterocycles. The first kappa shape index (κ1) is 15.1. The van der Waals surface area contributed by atoms with Crippen LogP contribution in [0, 0.1) is 13.8 Å². The van der Waals surface area contributed by atoms with Gasteiger partial charge in [0.05, 0.1) is 12.7 Å². The average Bonchev–Trinajstić information content (AvgIpc) is 2.88. The average molecular weight is 306 g/mol. The Labute approximate surface area is 135 Å². The Hall–Kier alpha value is -2.81. The van der Waals surface area contributed by atoms with Crippen LogP contribution in [0.3, 0.4) is 0 Å². The molecule has 0 fully saturated rings. The third kappa shape index (κ3) is 3.04. The summed E-state index contributed by atoms with van der Waals surface area (Å²) in [5, 5.41) is 0. The lowest BCUT2D eigenvalue weighted by Gasteiger charge is -2.06. The highest BCUT2D eigenvalue weighted by Crippen LogP contribution is 2.31. The lowest BCUT2D eigenvalue weighted by molar-refractivity contribution is -0.130. The lowest BCUT2D eigenvalue weighted by Crippen LogP contribution is -1.98. The van der Waals surface area contributed by atoms with Crippen molar-refractivity contribution in [2.75, 3.05) is 7.11 Å². The third-order valence-electron chi connectivity index (χ3n) is 3.82. The summed E-state index contributed by atoms with van der Waals surface area (Å²) in [5.74, 6) is 0.973. The van der Waals surface area contributed by atoms with E-state index in [-0.39, 0.29) is 5.97 Å². The molecule has 0 unspecified atom stereocenters. The van der Waals surface area contributed by atoms with E-state index in [9.17, 15) is 4.79 Å². The number of benzene rings is 2. The van der Waals surface area contributed by atoms with Gasteiger partial charge in [0, 0.05) is 11.1 Å². The van der Waals surface area contributed by atoms with Crippen LogP contribution in [0.15, 0.2) is 54.1 Å². The van der Waals surface area contributed by atoms with Gasteiger partial charge in [0.2, 0.25) is 0 Å². The minimum absolute atomic E-state index is 0.342. The molecule has 3 rings (SSSR count). The van der Waals surface area contributed by atoms with E-state index < -0.39 is 0 Å². The van der Waals surface area contributed by atoms with Crippen LogP contribution in [0.1, 0.15) is 22.3 Å². The molecule has 1 aliphatic rings. The monoisotopic (exact) mass is 306 g/mol. The second-order valence-corrected chi connectivity index (χ2v) is 5.56. The quantitative estimate of drug-likeness (QED) is 0.627. The number of esters is 1. The lowest BCUT2D eigenvalue weighted by atomic mass is 10.0. The Morgan fingerprint density at radius 1 is 1.09 bits per heavy atom. The predicted molar refractivity (Wildman–Crippen MR) is 91.0 cm³/mol.